The molecule has 180 valence electrons. The molecule has 32 heavy (non-hydrogen) atoms. The van der Waals surface area contributed by atoms with Crippen LogP contribution in [0.5, 0.6) is 0 Å². The number of hydrogen-bond acceptors (Lipinski definition) is 3. The predicted octanol–water partition coefficient (Wildman–Crippen LogP) is 8.34. The summed E-state index contributed by atoms with van der Waals surface area (Å²) < 4.78 is 15.5. The Morgan fingerprint density at radius 1 is 0.781 bits per heavy atom. The van der Waals surface area contributed by atoms with Crippen molar-refractivity contribution in [2.45, 2.75) is 94.5 Å². The van der Waals surface area contributed by atoms with Crippen LogP contribution in [0.4, 0.5) is 0 Å². The van der Waals surface area contributed by atoms with Gasteiger partial charge in [0, 0.05) is 0 Å². The van der Waals surface area contributed by atoms with Crippen molar-refractivity contribution in [2.75, 3.05) is 13.2 Å². The number of hydrogen-bond donors (Lipinski definition) is 0. The average Bonchev–Trinajstić information content (AvgIpc) is 3.37. The molecule has 0 radical (unpaired) electrons. The Morgan fingerprint density at radius 2 is 1.28 bits per heavy atom. The van der Waals surface area contributed by atoms with Gasteiger partial charge in [-0.1, -0.05) is 19.8 Å². The van der Waals surface area contributed by atoms with E-state index >= 15 is 0 Å². The topological polar surface area (TPSA) is 14.2 Å². The molecule has 0 aliphatic heterocycles. The molecular formula is C26H45NOS2Sn2. The summed E-state index contributed by atoms with van der Waals surface area (Å²) >= 11 is 0.0241. The minimum atomic E-state index is -2.10. The number of unbranched alkanes of at least 4 members (excludes halogenated alkanes) is 5. The molecule has 0 unspecified atom stereocenters. The van der Waals surface area contributed by atoms with Crippen molar-refractivity contribution in [3.63, 3.8) is 0 Å². The third kappa shape index (κ3) is 6.49. The Morgan fingerprint density at radius 3 is 1.75 bits per heavy atom. The zero-order chi connectivity index (χ0) is 23.5. The van der Waals surface area contributed by atoms with Gasteiger partial charge in [0.25, 0.3) is 0 Å². The molecule has 0 aromatic carbocycles. The van der Waals surface area contributed by atoms with Gasteiger partial charge in [0.15, 0.2) is 0 Å². The maximum absolute atomic E-state index is 6.28. The summed E-state index contributed by atoms with van der Waals surface area (Å²) in [6, 6.07) is 5.57. The second-order valence-electron chi connectivity index (χ2n) is 11.4. The first-order valence-corrected chi connectivity index (χ1v) is 34.3. The zero-order valence-corrected chi connectivity index (χ0v) is 29.1. The SMILES string of the molecule is CCCCCCCCOC[C@@H](CC)n1c2c[c]([Sn]([CH3])([CH3])[CH3])sc2c2s[c]([Sn]([CH3])([CH3])[CH3])cc21. The number of aromatic nitrogens is 1. The van der Waals surface area contributed by atoms with Gasteiger partial charge in [0.1, 0.15) is 0 Å². The Bertz CT molecular complexity index is 937. The Kier molecular flexibility index (Phi) is 9.97. The van der Waals surface area contributed by atoms with Crippen LogP contribution in [0.25, 0.3) is 20.4 Å². The van der Waals surface area contributed by atoms with E-state index in [4.69, 9.17) is 4.74 Å². The number of ether oxygens (including phenoxy) is 1. The molecule has 0 amide bonds. The van der Waals surface area contributed by atoms with E-state index in [0.717, 1.165) is 19.6 Å². The third-order valence-corrected chi connectivity index (χ3v) is 27.7. The van der Waals surface area contributed by atoms with Gasteiger partial charge in [0.05, 0.1) is 0 Å². The molecule has 0 spiro atoms. The summed E-state index contributed by atoms with van der Waals surface area (Å²) in [4.78, 5) is 15.3. The van der Waals surface area contributed by atoms with Crippen LogP contribution >= 0.6 is 22.7 Å². The van der Waals surface area contributed by atoms with Crippen LogP contribution in [-0.4, -0.2) is 54.5 Å². The molecule has 0 N–H and O–H groups in total. The number of rotatable bonds is 13. The van der Waals surface area contributed by atoms with Gasteiger partial charge in [-0.25, -0.2) is 0 Å². The van der Waals surface area contributed by atoms with Crippen molar-refractivity contribution in [2.24, 2.45) is 0 Å². The van der Waals surface area contributed by atoms with Gasteiger partial charge in [-0.05, 0) is 0 Å². The van der Waals surface area contributed by atoms with Gasteiger partial charge in [-0.15, -0.1) is 0 Å². The van der Waals surface area contributed by atoms with E-state index in [1.54, 1.807) is 15.2 Å². The molecule has 0 fully saturated rings. The quantitative estimate of drug-likeness (QED) is 0.130. The van der Waals surface area contributed by atoms with Crippen molar-refractivity contribution in [1.82, 2.24) is 4.57 Å². The van der Waals surface area contributed by atoms with Crippen LogP contribution in [0.3, 0.4) is 0 Å². The average molecular weight is 689 g/mol. The molecule has 2 nitrogen and oxygen atoms in total. The second kappa shape index (κ2) is 11.7. The van der Waals surface area contributed by atoms with Crippen molar-refractivity contribution in [1.29, 1.82) is 0 Å². The monoisotopic (exact) mass is 691 g/mol. The summed E-state index contributed by atoms with van der Waals surface area (Å²) in [5, 5.41) is 0. The van der Waals surface area contributed by atoms with Crippen LogP contribution in [0, 0.1) is 0 Å². The van der Waals surface area contributed by atoms with E-state index in [9.17, 15) is 0 Å². The van der Waals surface area contributed by atoms with Crippen LogP contribution < -0.4 is 5.79 Å². The molecule has 0 aliphatic rings. The molecule has 3 heterocycles. The fourth-order valence-corrected chi connectivity index (χ4v) is 17.1. The molecule has 6 heteroatoms. The van der Waals surface area contributed by atoms with Crippen molar-refractivity contribution in [3.05, 3.63) is 12.1 Å². The first kappa shape index (κ1) is 27.3. The Labute approximate surface area is 212 Å². The molecule has 0 saturated heterocycles. The maximum atomic E-state index is 6.28. The van der Waals surface area contributed by atoms with Gasteiger partial charge < -0.3 is 0 Å². The first-order valence-electron chi connectivity index (χ1n) is 12.7. The zero-order valence-electron chi connectivity index (χ0n) is 21.8. The number of nitrogens with zero attached hydrogens (tertiary/aromatic N) is 1. The standard InChI is InChI=1S/C20H27NOS2.6CH3.2Sn/c1-3-5-6-7-8-9-12-22-15-16(4-2)21-17-10-13-23-19(17)20-18(21)11-14-24-20;;;;;;;;/h10-11,16H,3-9,12,15H2,1-2H3;6*1H3;;/t16-;;;;;;;;/m1......../s1. The van der Waals surface area contributed by atoms with E-state index < -0.39 is 36.8 Å². The number of fused-ring (bicyclic) bond motifs is 3. The van der Waals surface area contributed by atoms with Crippen molar-refractivity contribution < 1.29 is 4.74 Å². The van der Waals surface area contributed by atoms with Crippen molar-refractivity contribution >= 4 is 85.6 Å². The Balaban J connectivity index is 1.86. The van der Waals surface area contributed by atoms with Gasteiger partial charge in [0.2, 0.25) is 0 Å². The van der Waals surface area contributed by atoms with Crippen molar-refractivity contribution in [3.8, 4) is 0 Å². The Hall–Kier alpha value is 0.757. The van der Waals surface area contributed by atoms with E-state index in [-0.39, 0.29) is 0 Å². The second-order valence-corrected chi connectivity index (χ2v) is 44.4. The van der Waals surface area contributed by atoms with Gasteiger partial charge >= 0.3 is 195 Å². The van der Waals surface area contributed by atoms with Gasteiger partial charge in [-0.2, -0.15) is 0 Å². The van der Waals surface area contributed by atoms with E-state index in [1.807, 2.05) is 0 Å². The fourth-order valence-electron chi connectivity index (χ4n) is 4.29. The number of thiophene rings is 2. The van der Waals surface area contributed by atoms with Crippen LogP contribution in [0.2, 0.25) is 29.6 Å². The molecular weight excluding hydrogens is 644 g/mol. The summed E-state index contributed by atoms with van der Waals surface area (Å²) in [5.74, 6) is 0. The van der Waals surface area contributed by atoms with Crippen LogP contribution in [-0.2, 0) is 4.74 Å². The molecule has 1 atom stereocenters. The van der Waals surface area contributed by atoms with E-state index in [1.165, 1.54) is 49.6 Å². The van der Waals surface area contributed by atoms with Crippen LogP contribution in [0.15, 0.2) is 12.1 Å². The third-order valence-electron chi connectivity index (χ3n) is 6.42. The van der Waals surface area contributed by atoms with E-state index in [0.29, 0.717) is 6.04 Å². The first-order chi connectivity index (χ1) is 15.1. The molecule has 3 aromatic rings. The fraction of sp³-hybridized carbons (Fsp3) is 0.692. The summed E-state index contributed by atoms with van der Waals surface area (Å²) in [5.41, 5.74) is 2.98. The summed E-state index contributed by atoms with van der Waals surface area (Å²) in [6.45, 7) is 6.38. The normalized spacial score (nSPS) is 14.1. The summed E-state index contributed by atoms with van der Waals surface area (Å²) in [7, 11) is 0. The molecule has 3 rings (SSSR count). The molecule has 0 bridgehead atoms. The molecule has 0 aliphatic carbocycles. The van der Waals surface area contributed by atoms with Gasteiger partial charge in [-0.3, -0.25) is 0 Å². The summed E-state index contributed by atoms with van der Waals surface area (Å²) in [6.07, 6.45) is 9.09. The minimum absolute atomic E-state index is 0.435. The molecule has 0 saturated carbocycles. The predicted molar refractivity (Wildman–Crippen MR) is 155 cm³/mol. The van der Waals surface area contributed by atoms with Crippen LogP contribution in [0.1, 0.15) is 64.8 Å². The molecule has 3 aromatic heterocycles. The van der Waals surface area contributed by atoms with E-state index in [2.05, 4.69) is 82.9 Å².